The normalized spacial score (nSPS) is 16.3. The van der Waals surface area contributed by atoms with Gasteiger partial charge in [-0.1, -0.05) is 38.5 Å². The largest absolute Gasteiger partial charge is 0.433 e. The third-order valence-electron chi connectivity index (χ3n) is 8.63. The molecule has 0 radical (unpaired) electrons. The van der Waals surface area contributed by atoms with Gasteiger partial charge in [0.2, 0.25) is 0 Å². The monoisotopic (exact) mass is 555 g/mol. The van der Waals surface area contributed by atoms with Crippen LogP contribution >= 0.6 is 0 Å². The molecule has 40 heavy (non-hydrogen) atoms. The molecule has 2 atom stereocenters. The summed E-state index contributed by atoms with van der Waals surface area (Å²) in [7, 11) is 1.93. The second-order valence-corrected chi connectivity index (χ2v) is 11.0. The van der Waals surface area contributed by atoms with Crippen molar-refractivity contribution in [3.63, 3.8) is 0 Å². The van der Waals surface area contributed by atoms with E-state index in [0.717, 1.165) is 30.3 Å². The number of aryl methyl sites for hydroxylation is 1. The van der Waals surface area contributed by atoms with Gasteiger partial charge >= 0.3 is 6.18 Å². The number of fused-ring (bicyclic) bond motifs is 1. The lowest BCUT2D eigenvalue weighted by atomic mass is 9.72. The van der Waals surface area contributed by atoms with Gasteiger partial charge in [-0.15, -0.1) is 10.2 Å². The summed E-state index contributed by atoms with van der Waals surface area (Å²) in [6.07, 6.45) is 1.63. The van der Waals surface area contributed by atoms with Gasteiger partial charge in [-0.2, -0.15) is 18.3 Å². The lowest BCUT2D eigenvalue weighted by Gasteiger charge is -2.34. The number of aliphatic hydroxyl groups excluding tert-OH is 1. The molecule has 214 valence electrons. The van der Waals surface area contributed by atoms with Gasteiger partial charge in [-0.25, -0.2) is 4.98 Å². The molecule has 1 aliphatic carbocycles. The Bertz CT molecular complexity index is 1460. The van der Waals surface area contributed by atoms with Crippen LogP contribution in [0.5, 0.6) is 0 Å². The molecule has 0 saturated heterocycles. The Balaban J connectivity index is 1.61. The maximum absolute atomic E-state index is 14.1. The van der Waals surface area contributed by atoms with E-state index in [9.17, 15) is 18.3 Å². The van der Waals surface area contributed by atoms with Crippen LogP contribution in [0.1, 0.15) is 87.6 Å². The number of alkyl halides is 3. The first-order valence-electron chi connectivity index (χ1n) is 13.9. The Morgan fingerprint density at radius 2 is 1.93 bits per heavy atom. The minimum atomic E-state index is -4.64. The quantitative estimate of drug-likeness (QED) is 0.225. The van der Waals surface area contributed by atoms with Gasteiger partial charge in [0.15, 0.2) is 0 Å². The van der Waals surface area contributed by atoms with Crippen LogP contribution in [0.15, 0.2) is 36.7 Å². The molecule has 11 heteroatoms. The molecule has 3 aromatic heterocycles. The number of halogens is 3. The first kappa shape index (κ1) is 28.2. The van der Waals surface area contributed by atoms with E-state index in [-0.39, 0.29) is 18.2 Å². The summed E-state index contributed by atoms with van der Waals surface area (Å²) >= 11 is 0. The highest BCUT2D eigenvalue weighted by atomic mass is 19.4. The molecule has 0 spiro atoms. The predicted octanol–water partition coefficient (Wildman–Crippen LogP) is 5.91. The zero-order valence-electron chi connectivity index (χ0n) is 23.3. The topological polar surface area (TPSA) is 105 Å². The van der Waals surface area contributed by atoms with Crippen molar-refractivity contribution in [3.05, 3.63) is 59.4 Å². The van der Waals surface area contributed by atoms with Crippen LogP contribution in [0.2, 0.25) is 0 Å². The number of hydrogen-bond acceptors (Lipinski definition) is 6. The summed E-state index contributed by atoms with van der Waals surface area (Å²) in [6.45, 7) is 5.51. The molecule has 8 nitrogen and oxygen atoms in total. The minimum Gasteiger partial charge on any atom is -0.394 e. The highest BCUT2D eigenvalue weighted by Crippen LogP contribution is 2.44. The van der Waals surface area contributed by atoms with Crippen LogP contribution in [0.25, 0.3) is 22.2 Å². The maximum Gasteiger partial charge on any atom is 0.433 e. The van der Waals surface area contributed by atoms with E-state index in [2.05, 4.69) is 30.7 Å². The summed E-state index contributed by atoms with van der Waals surface area (Å²) in [5.74, 6) is 1.34. The Morgan fingerprint density at radius 3 is 2.50 bits per heavy atom. The summed E-state index contributed by atoms with van der Waals surface area (Å²) in [6, 6.07) is 8.33. The molecule has 1 aliphatic rings. The van der Waals surface area contributed by atoms with Gasteiger partial charge in [0.25, 0.3) is 0 Å². The van der Waals surface area contributed by atoms with Gasteiger partial charge in [0, 0.05) is 35.5 Å². The minimum absolute atomic E-state index is 0.0354. The van der Waals surface area contributed by atoms with Crippen molar-refractivity contribution in [1.82, 2.24) is 35.3 Å². The van der Waals surface area contributed by atoms with Crippen molar-refractivity contribution < 1.29 is 18.3 Å². The molecule has 0 aliphatic heterocycles. The van der Waals surface area contributed by atoms with Crippen LogP contribution in [-0.4, -0.2) is 47.2 Å². The number of nitrogens with zero attached hydrogens (tertiary/aromatic N) is 5. The molecule has 3 heterocycles. The lowest BCUT2D eigenvalue weighted by Crippen LogP contribution is -2.48. The zero-order chi connectivity index (χ0) is 28.7. The number of aromatic amines is 1. The highest BCUT2D eigenvalue weighted by molar-refractivity contribution is 5.94. The van der Waals surface area contributed by atoms with Crippen LogP contribution in [0, 0.1) is 5.92 Å². The first-order valence-corrected chi connectivity index (χ1v) is 13.9. The van der Waals surface area contributed by atoms with Gasteiger partial charge in [0.1, 0.15) is 23.5 Å². The van der Waals surface area contributed by atoms with E-state index in [1.54, 1.807) is 13.3 Å². The average molecular weight is 556 g/mol. The van der Waals surface area contributed by atoms with Gasteiger partial charge in [0.05, 0.1) is 17.8 Å². The Labute approximate surface area is 231 Å². The number of aliphatic hydroxyl groups is 1. The molecule has 4 aromatic rings. The van der Waals surface area contributed by atoms with Crippen molar-refractivity contribution in [2.45, 2.75) is 76.6 Å². The number of pyridine rings is 1. The summed E-state index contributed by atoms with van der Waals surface area (Å²) in [4.78, 5) is 4.04. The van der Waals surface area contributed by atoms with Crippen molar-refractivity contribution in [2.24, 2.45) is 13.0 Å². The SMILES string of the molecule is CCC(CC)(CO)N[C@@H](C)c1nc(C(F)(F)F)cc2c(-c3cccc([C@H](c4nncn4C)C4CCC4)c3)n[nH]c12. The van der Waals surface area contributed by atoms with Crippen LogP contribution < -0.4 is 5.32 Å². The Hall–Kier alpha value is -3.31. The van der Waals surface area contributed by atoms with E-state index in [1.807, 2.05) is 49.7 Å². The number of benzene rings is 1. The molecular formula is C29H36F3N7O. The van der Waals surface area contributed by atoms with E-state index >= 15 is 0 Å². The van der Waals surface area contributed by atoms with Crippen LogP contribution in [0.4, 0.5) is 13.2 Å². The molecule has 1 saturated carbocycles. The van der Waals surface area contributed by atoms with E-state index in [0.29, 0.717) is 40.9 Å². The Kier molecular flexibility index (Phi) is 7.71. The molecule has 1 fully saturated rings. The standard InChI is InChI=1S/C29H36F3N7O/c1-5-28(6-2,15-40)35-17(3)24-26-21(14-22(34-24)29(30,31)32)25(36-37-26)20-12-8-11-19(13-20)23(18-9-7-10-18)27-38-33-16-39(27)4/h8,11-14,16-18,23,35,40H,5-7,9-10,15H2,1-4H3,(H,36,37)/t17-,23+/m0/s1. The van der Waals surface area contributed by atoms with Crippen molar-refractivity contribution in [1.29, 1.82) is 0 Å². The van der Waals surface area contributed by atoms with Gasteiger partial charge < -0.3 is 15.0 Å². The number of nitrogens with one attached hydrogen (secondary N) is 2. The summed E-state index contributed by atoms with van der Waals surface area (Å²) in [5, 5.41) is 29.7. The van der Waals surface area contributed by atoms with E-state index in [4.69, 9.17) is 0 Å². The van der Waals surface area contributed by atoms with E-state index in [1.165, 1.54) is 6.42 Å². The summed E-state index contributed by atoms with van der Waals surface area (Å²) in [5.41, 5.74) is 1.23. The average Bonchev–Trinajstić information content (AvgIpc) is 3.54. The second kappa shape index (κ2) is 10.9. The zero-order valence-corrected chi connectivity index (χ0v) is 23.3. The second-order valence-electron chi connectivity index (χ2n) is 11.0. The van der Waals surface area contributed by atoms with Gasteiger partial charge in [-0.3, -0.25) is 5.10 Å². The van der Waals surface area contributed by atoms with Crippen LogP contribution in [-0.2, 0) is 13.2 Å². The molecule has 5 rings (SSSR count). The summed E-state index contributed by atoms with van der Waals surface area (Å²) < 4.78 is 44.1. The fourth-order valence-corrected chi connectivity index (χ4v) is 5.83. The third kappa shape index (κ3) is 5.12. The number of H-pyrrole nitrogens is 1. The fraction of sp³-hybridized carbons (Fsp3) is 0.517. The highest BCUT2D eigenvalue weighted by Gasteiger charge is 2.37. The Morgan fingerprint density at radius 1 is 1.18 bits per heavy atom. The predicted molar refractivity (Wildman–Crippen MR) is 146 cm³/mol. The van der Waals surface area contributed by atoms with Gasteiger partial charge in [-0.05, 0) is 56.2 Å². The molecule has 3 N–H and O–H groups in total. The molecular weight excluding hydrogens is 519 g/mol. The molecule has 0 unspecified atom stereocenters. The fourth-order valence-electron chi connectivity index (χ4n) is 5.83. The third-order valence-corrected chi connectivity index (χ3v) is 8.63. The van der Waals surface area contributed by atoms with Crippen molar-refractivity contribution in [3.8, 4) is 11.3 Å². The number of hydrogen-bond donors (Lipinski definition) is 3. The van der Waals surface area contributed by atoms with Crippen molar-refractivity contribution >= 4 is 10.9 Å². The number of rotatable bonds is 10. The molecule has 0 amide bonds. The lowest BCUT2D eigenvalue weighted by molar-refractivity contribution is -0.141. The maximum atomic E-state index is 14.1. The van der Waals surface area contributed by atoms with Crippen molar-refractivity contribution in [2.75, 3.05) is 6.61 Å². The molecule has 0 bridgehead atoms. The first-order chi connectivity index (χ1) is 19.1. The molecule has 1 aromatic carbocycles. The van der Waals surface area contributed by atoms with E-state index < -0.39 is 23.5 Å². The smallest absolute Gasteiger partial charge is 0.394 e. The van der Waals surface area contributed by atoms with Crippen LogP contribution in [0.3, 0.4) is 0 Å². The number of aromatic nitrogens is 6.